The molecule has 0 heterocycles. The predicted octanol–water partition coefficient (Wildman–Crippen LogP) is 7.93. The molecule has 0 amide bonds. The highest BCUT2D eigenvalue weighted by Crippen LogP contribution is 2.45. The van der Waals surface area contributed by atoms with Gasteiger partial charge in [0.25, 0.3) is 20.2 Å². The van der Waals surface area contributed by atoms with Crippen LogP contribution in [0.2, 0.25) is 0 Å². The molecule has 6 rings (SSSR count). The minimum atomic E-state index is -4.09. The molecule has 45 heavy (non-hydrogen) atoms. The molecule has 0 saturated heterocycles. The fraction of sp³-hybridized carbons (Fsp3) is 0.243. The lowest BCUT2D eigenvalue weighted by Crippen LogP contribution is -2.06. The SMILES string of the molecule is O=S(=O)(O)CCCC1=C(/C=C2\Cc3ccc(-c4ccccc4)cc3C2CCCS(=O)(=O)O)Cc2ccc(-c3ccccc3)cc21. The Labute approximate surface area is 265 Å². The standard InChI is InChI=1S/C37H36O6S2/c38-44(39,40)19-7-13-34-32(21-30-17-15-28(24-36(30)34)26-9-3-1-4-10-26)23-33-22-31-18-16-29(27-11-5-2-6-12-27)25-37(31)35(33)14-8-20-45(41,42)43/h1-6,9-12,15-18,23-25,34H,7-8,13-14,19-22H2,(H,38,39,40)(H,41,42,43)/b32-23+. The minimum absolute atomic E-state index is 0.0134. The smallest absolute Gasteiger partial charge is 0.264 e. The van der Waals surface area contributed by atoms with E-state index < -0.39 is 20.2 Å². The molecule has 4 aromatic carbocycles. The van der Waals surface area contributed by atoms with Crippen LogP contribution in [0.25, 0.3) is 27.8 Å². The van der Waals surface area contributed by atoms with Gasteiger partial charge in [-0.2, -0.15) is 16.8 Å². The van der Waals surface area contributed by atoms with Gasteiger partial charge in [-0.05, 0) is 100 Å². The maximum absolute atomic E-state index is 11.6. The molecule has 2 aliphatic carbocycles. The molecule has 232 valence electrons. The average Bonchev–Trinajstić information content (AvgIpc) is 3.53. The van der Waals surface area contributed by atoms with Crippen LogP contribution in [0.5, 0.6) is 0 Å². The highest BCUT2D eigenvalue weighted by atomic mass is 32.2. The van der Waals surface area contributed by atoms with E-state index in [4.69, 9.17) is 0 Å². The maximum Gasteiger partial charge on any atom is 0.264 e. The lowest BCUT2D eigenvalue weighted by molar-refractivity contribution is 0.477. The van der Waals surface area contributed by atoms with E-state index in [0.29, 0.717) is 32.1 Å². The summed E-state index contributed by atoms with van der Waals surface area (Å²) >= 11 is 0. The van der Waals surface area contributed by atoms with E-state index in [1.165, 1.54) is 22.3 Å². The van der Waals surface area contributed by atoms with Crippen LogP contribution in [0.3, 0.4) is 0 Å². The van der Waals surface area contributed by atoms with Gasteiger partial charge in [0.1, 0.15) is 0 Å². The summed E-state index contributed by atoms with van der Waals surface area (Å²) in [6.45, 7) is 0. The first-order valence-corrected chi connectivity index (χ1v) is 18.5. The zero-order valence-electron chi connectivity index (χ0n) is 24.9. The molecule has 1 unspecified atom stereocenters. The van der Waals surface area contributed by atoms with Gasteiger partial charge in [0.2, 0.25) is 0 Å². The summed E-state index contributed by atoms with van der Waals surface area (Å²) < 4.78 is 65.2. The molecule has 0 radical (unpaired) electrons. The van der Waals surface area contributed by atoms with Gasteiger partial charge in [-0.25, -0.2) is 0 Å². The Hall–Kier alpha value is -3.82. The summed E-state index contributed by atoms with van der Waals surface area (Å²) in [5.41, 5.74) is 12.4. The van der Waals surface area contributed by atoms with E-state index in [2.05, 4.69) is 66.7 Å². The van der Waals surface area contributed by atoms with E-state index in [-0.39, 0.29) is 17.4 Å². The average molecular weight is 641 g/mol. The second-order valence-corrected chi connectivity index (χ2v) is 15.1. The van der Waals surface area contributed by atoms with Crippen molar-refractivity contribution in [2.24, 2.45) is 0 Å². The van der Waals surface area contributed by atoms with E-state index in [1.807, 2.05) is 36.4 Å². The monoisotopic (exact) mass is 640 g/mol. The zero-order valence-corrected chi connectivity index (χ0v) is 26.5. The van der Waals surface area contributed by atoms with E-state index in [0.717, 1.165) is 45.4 Å². The van der Waals surface area contributed by atoms with E-state index >= 15 is 0 Å². The Balaban J connectivity index is 1.40. The number of rotatable bonds is 11. The highest BCUT2D eigenvalue weighted by molar-refractivity contribution is 7.86. The molecule has 1 atom stereocenters. The van der Waals surface area contributed by atoms with Crippen molar-refractivity contribution in [3.8, 4) is 22.3 Å². The molecule has 6 nitrogen and oxygen atoms in total. The van der Waals surface area contributed by atoms with Crippen LogP contribution in [-0.2, 0) is 33.1 Å². The van der Waals surface area contributed by atoms with Crippen LogP contribution >= 0.6 is 0 Å². The summed E-state index contributed by atoms with van der Waals surface area (Å²) in [7, 11) is -8.16. The predicted molar refractivity (Wildman–Crippen MR) is 180 cm³/mol. The van der Waals surface area contributed by atoms with Crippen molar-refractivity contribution in [3.05, 3.63) is 137 Å². The number of fused-ring (bicyclic) bond motifs is 2. The molecular formula is C37H36O6S2. The van der Waals surface area contributed by atoms with Gasteiger partial charge in [-0.1, -0.05) is 103 Å². The van der Waals surface area contributed by atoms with Crippen molar-refractivity contribution in [2.75, 3.05) is 11.5 Å². The minimum Gasteiger partial charge on any atom is -0.286 e. The zero-order chi connectivity index (χ0) is 31.6. The third-order valence-electron chi connectivity index (χ3n) is 8.86. The number of allylic oxidation sites excluding steroid dienone is 4. The third kappa shape index (κ3) is 7.53. The molecule has 8 heteroatoms. The van der Waals surface area contributed by atoms with Crippen molar-refractivity contribution in [3.63, 3.8) is 0 Å². The molecule has 0 spiro atoms. The van der Waals surface area contributed by atoms with Crippen LogP contribution in [-0.4, -0.2) is 37.4 Å². The van der Waals surface area contributed by atoms with Gasteiger partial charge in [0.15, 0.2) is 0 Å². The molecule has 0 bridgehead atoms. The first kappa shape index (κ1) is 31.2. The molecule has 0 fully saturated rings. The Bertz CT molecular complexity index is 1990. The Morgan fingerprint density at radius 1 is 0.644 bits per heavy atom. The van der Waals surface area contributed by atoms with E-state index in [1.54, 1.807) is 0 Å². The van der Waals surface area contributed by atoms with Gasteiger partial charge in [-0.15, -0.1) is 0 Å². The molecular weight excluding hydrogens is 605 g/mol. The van der Waals surface area contributed by atoms with Crippen molar-refractivity contribution in [2.45, 2.75) is 44.4 Å². The number of hydrogen-bond donors (Lipinski definition) is 2. The third-order valence-corrected chi connectivity index (χ3v) is 10.5. The summed E-state index contributed by atoms with van der Waals surface area (Å²) in [6.07, 6.45) is 5.39. The molecule has 0 aromatic heterocycles. The first-order valence-electron chi connectivity index (χ1n) is 15.2. The summed E-state index contributed by atoms with van der Waals surface area (Å²) in [5.74, 6) is -0.609. The van der Waals surface area contributed by atoms with Crippen molar-refractivity contribution in [1.29, 1.82) is 0 Å². The summed E-state index contributed by atoms with van der Waals surface area (Å²) in [5, 5.41) is 0. The second-order valence-electron chi connectivity index (χ2n) is 12.0. The molecule has 2 aliphatic rings. The fourth-order valence-corrected chi connectivity index (χ4v) is 7.83. The second kappa shape index (κ2) is 12.9. The lowest BCUT2D eigenvalue weighted by Gasteiger charge is -2.16. The largest absolute Gasteiger partial charge is 0.286 e. The van der Waals surface area contributed by atoms with Gasteiger partial charge >= 0.3 is 0 Å². The van der Waals surface area contributed by atoms with E-state index in [9.17, 15) is 25.9 Å². The van der Waals surface area contributed by atoms with Crippen LogP contribution in [0, 0.1) is 0 Å². The Kier molecular flexibility index (Phi) is 8.93. The molecule has 4 aromatic rings. The van der Waals surface area contributed by atoms with Crippen LogP contribution in [0.1, 0.15) is 53.9 Å². The van der Waals surface area contributed by atoms with Gasteiger partial charge in [0, 0.05) is 5.92 Å². The topological polar surface area (TPSA) is 109 Å². The summed E-state index contributed by atoms with van der Waals surface area (Å²) in [4.78, 5) is 0. The first-order chi connectivity index (χ1) is 21.5. The van der Waals surface area contributed by atoms with Crippen LogP contribution in [0.15, 0.2) is 114 Å². The Morgan fingerprint density at radius 3 is 1.84 bits per heavy atom. The maximum atomic E-state index is 11.6. The number of hydrogen-bond acceptors (Lipinski definition) is 4. The van der Waals surface area contributed by atoms with Crippen LogP contribution in [0.4, 0.5) is 0 Å². The fourth-order valence-electron chi connectivity index (χ4n) is 6.79. The van der Waals surface area contributed by atoms with Crippen LogP contribution < -0.4 is 0 Å². The highest BCUT2D eigenvalue weighted by Gasteiger charge is 2.30. The van der Waals surface area contributed by atoms with Crippen molar-refractivity contribution >= 4 is 25.8 Å². The quantitative estimate of drug-likeness (QED) is 0.161. The summed E-state index contributed by atoms with van der Waals surface area (Å²) in [6, 6.07) is 33.2. The van der Waals surface area contributed by atoms with Gasteiger partial charge < -0.3 is 0 Å². The molecule has 2 N–H and O–H groups in total. The molecule has 0 saturated carbocycles. The van der Waals surface area contributed by atoms with Crippen molar-refractivity contribution < 1.29 is 25.9 Å². The van der Waals surface area contributed by atoms with Gasteiger partial charge in [-0.3, -0.25) is 9.11 Å². The number of benzene rings is 4. The molecule has 0 aliphatic heterocycles. The van der Waals surface area contributed by atoms with Gasteiger partial charge in [0.05, 0.1) is 11.5 Å². The van der Waals surface area contributed by atoms with Crippen molar-refractivity contribution in [1.82, 2.24) is 0 Å². The normalized spacial score (nSPS) is 17.1. The Morgan fingerprint density at radius 2 is 1.22 bits per heavy atom. The lowest BCUT2D eigenvalue weighted by atomic mass is 9.89.